The van der Waals surface area contributed by atoms with Crippen LogP contribution in [0.2, 0.25) is 0 Å². The minimum absolute atomic E-state index is 0.0604. The van der Waals surface area contributed by atoms with Gasteiger partial charge in [0.05, 0.1) is 5.69 Å². The van der Waals surface area contributed by atoms with Crippen LogP contribution in [0.15, 0.2) is 176 Å². The Morgan fingerprint density at radius 3 is 1.68 bits per heavy atom. The number of rotatable bonds is 5. The van der Waals surface area contributed by atoms with Gasteiger partial charge in [-0.25, -0.2) is 0 Å². The number of hydrogen-bond acceptors (Lipinski definition) is 2. The molecule has 2 heteroatoms. The van der Waals surface area contributed by atoms with Crippen LogP contribution in [0.5, 0.6) is 0 Å². The van der Waals surface area contributed by atoms with Gasteiger partial charge in [0, 0.05) is 47.9 Å². The summed E-state index contributed by atoms with van der Waals surface area (Å²) >= 11 is 1.87. The van der Waals surface area contributed by atoms with Crippen LogP contribution in [0, 0.1) is 0 Å². The van der Waals surface area contributed by atoms with Gasteiger partial charge in [0.1, 0.15) is 0 Å². The van der Waals surface area contributed by atoms with E-state index >= 15 is 0 Å². The molecular formula is C54H41NS. The van der Waals surface area contributed by atoms with E-state index in [9.17, 15) is 0 Å². The van der Waals surface area contributed by atoms with E-state index < -0.39 is 0 Å². The minimum atomic E-state index is -0.106. The number of anilines is 3. The molecule has 0 bridgehead atoms. The Balaban J connectivity index is 1.09. The lowest BCUT2D eigenvalue weighted by Crippen LogP contribution is -2.16. The van der Waals surface area contributed by atoms with E-state index in [-0.39, 0.29) is 10.8 Å². The van der Waals surface area contributed by atoms with Crippen molar-refractivity contribution in [1.82, 2.24) is 0 Å². The Labute approximate surface area is 333 Å². The third-order valence-corrected chi connectivity index (χ3v) is 13.8. The minimum Gasteiger partial charge on any atom is -0.310 e. The first kappa shape index (κ1) is 33.1. The van der Waals surface area contributed by atoms with Crippen LogP contribution in [0.25, 0.3) is 64.7 Å². The second-order valence-corrected chi connectivity index (χ2v) is 17.6. The second kappa shape index (κ2) is 12.1. The van der Waals surface area contributed by atoms with Crippen LogP contribution in [-0.4, -0.2) is 0 Å². The summed E-state index contributed by atoms with van der Waals surface area (Å²) in [7, 11) is 0. The SMILES string of the molecule is CC1(C)c2ccccc2-c2ccc(-c3cccc(N(c4cccc(-c5ccc6sc7ccccc7c6c5)c4)c4cccc5c4-c4ccccc4C5(C)C)c3)cc21. The highest BCUT2D eigenvalue weighted by molar-refractivity contribution is 7.25. The highest BCUT2D eigenvalue weighted by atomic mass is 32.1. The third-order valence-electron chi connectivity index (χ3n) is 12.7. The van der Waals surface area contributed by atoms with E-state index in [1.54, 1.807) is 0 Å². The average Bonchev–Trinajstić information content (AvgIpc) is 3.81. The first-order valence-corrected chi connectivity index (χ1v) is 20.5. The zero-order valence-corrected chi connectivity index (χ0v) is 32.9. The first-order chi connectivity index (χ1) is 27.3. The Morgan fingerprint density at radius 2 is 0.911 bits per heavy atom. The molecule has 1 aromatic heterocycles. The molecule has 2 aliphatic carbocycles. The molecule has 0 saturated carbocycles. The summed E-state index contributed by atoms with van der Waals surface area (Å²) in [4.78, 5) is 2.50. The largest absolute Gasteiger partial charge is 0.310 e. The molecule has 1 nitrogen and oxygen atoms in total. The van der Waals surface area contributed by atoms with Gasteiger partial charge in [-0.1, -0.05) is 149 Å². The number of benzene rings is 8. The number of thiophene rings is 1. The van der Waals surface area contributed by atoms with E-state index in [4.69, 9.17) is 0 Å². The summed E-state index contributed by atoms with van der Waals surface area (Å²) in [5, 5.41) is 2.64. The average molecular weight is 736 g/mol. The molecule has 0 N–H and O–H groups in total. The molecule has 8 aromatic carbocycles. The highest BCUT2D eigenvalue weighted by Gasteiger charge is 2.38. The molecule has 0 aliphatic heterocycles. The van der Waals surface area contributed by atoms with Crippen molar-refractivity contribution in [3.63, 3.8) is 0 Å². The fourth-order valence-electron chi connectivity index (χ4n) is 9.79. The molecule has 0 unspecified atom stereocenters. The van der Waals surface area contributed by atoms with E-state index in [1.165, 1.54) is 92.6 Å². The van der Waals surface area contributed by atoms with Gasteiger partial charge in [-0.15, -0.1) is 11.3 Å². The molecule has 268 valence electrons. The number of fused-ring (bicyclic) bond motifs is 9. The summed E-state index contributed by atoms with van der Waals surface area (Å²) in [6, 6.07) is 65.9. The van der Waals surface area contributed by atoms with Crippen molar-refractivity contribution in [1.29, 1.82) is 0 Å². The summed E-state index contributed by atoms with van der Waals surface area (Å²) in [5.41, 5.74) is 19.0. The summed E-state index contributed by atoms with van der Waals surface area (Å²) in [5.74, 6) is 0. The fraction of sp³-hybridized carbons (Fsp3) is 0.111. The van der Waals surface area contributed by atoms with E-state index in [2.05, 4.69) is 209 Å². The smallest absolute Gasteiger partial charge is 0.0543 e. The van der Waals surface area contributed by atoms with Crippen LogP contribution in [0.3, 0.4) is 0 Å². The van der Waals surface area contributed by atoms with Crippen LogP contribution < -0.4 is 4.90 Å². The molecule has 0 radical (unpaired) electrons. The lowest BCUT2D eigenvalue weighted by molar-refractivity contribution is 0.660. The van der Waals surface area contributed by atoms with Crippen molar-refractivity contribution in [3.05, 3.63) is 198 Å². The van der Waals surface area contributed by atoms with Gasteiger partial charge in [-0.2, -0.15) is 0 Å². The zero-order chi connectivity index (χ0) is 37.8. The molecular weight excluding hydrogens is 695 g/mol. The summed E-state index contributed by atoms with van der Waals surface area (Å²) in [6.45, 7) is 9.46. The Kier molecular flexibility index (Phi) is 7.18. The summed E-state index contributed by atoms with van der Waals surface area (Å²) < 4.78 is 2.65. The van der Waals surface area contributed by atoms with Gasteiger partial charge >= 0.3 is 0 Å². The molecule has 0 atom stereocenters. The molecule has 56 heavy (non-hydrogen) atoms. The lowest BCUT2D eigenvalue weighted by atomic mass is 9.81. The first-order valence-electron chi connectivity index (χ1n) is 19.7. The lowest BCUT2D eigenvalue weighted by Gasteiger charge is -2.29. The molecule has 2 aliphatic rings. The van der Waals surface area contributed by atoms with E-state index in [0.717, 1.165) is 11.4 Å². The van der Waals surface area contributed by atoms with Gasteiger partial charge in [0.25, 0.3) is 0 Å². The Hall–Kier alpha value is -6.22. The third kappa shape index (κ3) is 4.85. The maximum Gasteiger partial charge on any atom is 0.0543 e. The standard InChI is InChI=1S/C54H41NS/c1-53(2)46-22-9-6-20-43(46)52-47(53)23-13-24-49(52)55(38-16-11-14-34(30-38)36-27-29-51-44(32-36)42-19-7-10-25-50(42)56-51)39-17-12-15-35(31-39)37-26-28-41-40-18-5-8-21-45(40)54(3,4)48(41)33-37/h5-33H,1-4H3. The fourth-order valence-corrected chi connectivity index (χ4v) is 10.9. The molecule has 0 fully saturated rings. The monoisotopic (exact) mass is 735 g/mol. The van der Waals surface area contributed by atoms with Crippen LogP contribution in [0.1, 0.15) is 49.9 Å². The molecule has 1 heterocycles. The van der Waals surface area contributed by atoms with Gasteiger partial charge in [0.15, 0.2) is 0 Å². The molecule has 0 saturated heterocycles. The van der Waals surface area contributed by atoms with Crippen molar-refractivity contribution in [2.75, 3.05) is 4.90 Å². The van der Waals surface area contributed by atoms with E-state index in [0.29, 0.717) is 0 Å². The summed E-state index contributed by atoms with van der Waals surface area (Å²) in [6.07, 6.45) is 0. The number of hydrogen-bond donors (Lipinski definition) is 0. The maximum atomic E-state index is 2.50. The number of nitrogens with zero attached hydrogens (tertiary/aromatic N) is 1. The normalized spacial score (nSPS) is 14.4. The van der Waals surface area contributed by atoms with Gasteiger partial charge in [0.2, 0.25) is 0 Å². The molecule has 11 rings (SSSR count). The van der Waals surface area contributed by atoms with Crippen molar-refractivity contribution >= 4 is 48.6 Å². The van der Waals surface area contributed by atoms with E-state index in [1.807, 2.05) is 11.3 Å². The van der Waals surface area contributed by atoms with Crippen molar-refractivity contribution in [2.45, 2.75) is 38.5 Å². The Bertz CT molecular complexity index is 3050. The van der Waals surface area contributed by atoms with Crippen molar-refractivity contribution in [3.8, 4) is 44.5 Å². The second-order valence-electron chi connectivity index (χ2n) is 16.5. The molecule has 0 spiro atoms. The topological polar surface area (TPSA) is 3.24 Å². The molecule has 9 aromatic rings. The zero-order valence-electron chi connectivity index (χ0n) is 32.1. The van der Waals surface area contributed by atoms with Gasteiger partial charge in [-0.3, -0.25) is 0 Å². The van der Waals surface area contributed by atoms with Crippen LogP contribution in [-0.2, 0) is 10.8 Å². The highest BCUT2D eigenvalue weighted by Crippen LogP contribution is 2.55. The quantitative estimate of drug-likeness (QED) is 0.170. The predicted molar refractivity (Wildman–Crippen MR) is 240 cm³/mol. The van der Waals surface area contributed by atoms with Crippen LogP contribution >= 0.6 is 11.3 Å². The predicted octanol–water partition coefficient (Wildman–Crippen LogP) is 15.5. The van der Waals surface area contributed by atoms with Crippen molar-refractivity contribution in [2.24, 2.45) is 0 Å². The Morgan fingerprint density at radius 1 is 0.375 bits per heavy atom. The van der Waals surface area contributed by atoms with Gasteiger partial charge in [-0.05, 0) is 116 Å². The van der Waals surface area contributed by atoms with Crippen molar-refractivity contribution < 1.29 is 0 Å². The van der Waals surface area contributed by atoms with Crippen LogP contribution in [0.4, 0.5) is 17.1 Å². The molecule has 0 amide bonds. The maximum absolute atomic E-state index is 2.50. The van der Waals surface area contributed by atoms with Gasteiger partial charge < -0.3 is 4.90 Å².